The van der Waals surface area contributed by atoms with Crippen LogP contribution in [0.2, 0.25) is 0 Å². The van der Waals surface area contributed by atoms with Crippen LogP contribution in [0.3, 0.4) is 0 Å². The van der Waals surface area contributed by atoms with E-state index < -0.39 is 6.55 Å². The molecule has 1 aliphatic rings. The second-order valence-corrected chi connectivity index (χ2v) is 6.04. The summed E-state index contributed by atoms with van der Waals surface area (Å²) in [7, 11) is 0. The summed E-state index contributed by atoms with van der Waals surface area (Å²) in [4.78, 5) is 20.2. The summed E-state index contributed by atoms with van der Waals surface area (Å²) in [6.45, 7) is 2.02. The summed E-state index contributed by atoms with van der Waals surface area (Å²) in [6, 6.07) is 0. The van der Waals surface area contributed by atoms with E-state index in [-0.39, 0.29) is 5.91 Å². The molecule has 2 aromatic rings. The highest BCUT2D eigenvalue weighted by Gasteiger charge is 2.25. The van der Waals surface area contributed by atoms with Gasteiger partial charge in [0.15, 0.2) is 0 Å². The molecule has 0 N–H and O–H groups in total. The van der Waals surface area contributed by atoms with Gasteiger partial charge < -0.3 is 4.90 Å². The van der Waals surface area contributed by atoms with Crippen LogP contribution in [0.1, 0.15) is 28.4 Å². The van der Waals surface area contributed by atoms with Crippen LogP contribution in [0.25, 0.3) is 0 Å². The summed E-state index contributed by atoms with van der Waals surface area (Å²) in [5.74, 6) is 0.336. The Bertz CT molecular complexity index is 678. The summed E-state index contributed by atoms with van der Waals surface area (Å²) in [5, 5.41) is 1.77. The van der Waals surface area contributed by atoms with Gasteiger partial charge in [-0.05, 0) is 18.5 Å². The molecule has 0 radical (unpaired) electrons. The molecule has 9 heteroatoms. The van der Waals surface area contributed by atoms with E-state index in [0.717, 1.165) is 10.3 Å². The van der Waals surface area contributed by atoms with Gasteiger partial charge in [-0.1, -0.05) is 0 Å². The first-order valence-electron chi connectivity index (χ1n) is 7.28. The molecule has 3 heterocycles. The van der Waals surface area contributed by atoms with Gasteiger partial charge in [0.2, 0.25) is 0 Å². The lowest BCUT2D eigenvalue weighted by molar-refractivity contribution is 0.0555. The number of alkyl halides is 2. The van der Waals surface area contributed by atoms with E-state index in [1.165, 1.54) is 23.9 Å². The average molecular weight is 341 g/mol. The molecule has 0 unspecified atom stereocenters. The van der Waals surface area contributed by atoms with Gasteiger partial charge in [-0.3, -0.25) is 14.3 Å². The third-order valence-corrected chi connectivity index (χ3v) is 4.68. The van der Waals surface area contributed by atoms with Crippen LogP contribution in [-0.4, -0.2) is 55.8 Å². The molecule has 0 aliphatic carbocycles. The molecule has 124 valence electrons. The number of amides is 1. The number of carbonyl (C=O) groups is 1. The van der Waals surface area contributed by atoms with Crippen LogP contribution < -0.4 is 0 Å². The van der Waals surface area contributed by atoms with E-state index in [1.54, 1.807) is 10.3 Å². The number of rotatable bonds is 4. The maximum atomic E-state index is 12.8. The molecule has 0 atom stereocenters. The molecule has 0 bridgehead atoms. The van der Waals surface area contributed by atoms with Crippen molar-refractivity contribution in [3.05, 3.63) is 34.9 Å². The van der Waals surface area contributed by atoms with Gasteiger partial charge >= 0.3 is 6.55 Å². The van der Waals surface area contributed by atoms with Crippen molar-refractivity contribution in [2.45, 2.75) is 20.0 Å². The molecule has 2 aromatic heterocycles. The van der Waals surface area contributed by atoms with E-state index in [4.69, 9.17) is 0 Å². The lowest BCUT2D eigenvalue weighted by Gasteiger charge is -2.34. The lowest BCUT2D eigenvalue weighted by atomic mass is 10.2. The fourth-order valence-corrected chi connectivity index (χ4v) is 3.31. The lowest BCUT2D eigenvalue weighted by Crippen LogP contribution is -2.48. The van der Waals surface area contributed by atoms with Crippen LogP contribution >= 0.6 is 11.5 Å². The first-order valence-corrected chi connectivity index (χ1v) is 8.12. The van der Waals surface area contributed by atoms with Gasteiger partial charge in [0, 0.05) is 44.0 Å². The predicted octanol–water partition coefficient (Wildman–Crippen LogP) is 2.00. The Morgan fingerprint density at radius 2 is 2.09 bits per heavy atom. The number of piperazine rings is 1. The molecule has 0 aromatic carbocycles. The maximum Gasteiger partial charge on any atom is 0.319 e. The predicted molar refractivity (Wildman–Crippen MR) is 81.5 cm³/mol. The second-order valence-electron chi connectivity index (χ2n) is 5.41. The van der Waals surface area contributed by atoms with E-state index in [9.17, 15) is 13.6 Å². The number of aryl methyl sites for hydroxylation is 1. The SMILES string of the molecule is Cc1nscc1C(=O)N1CCN(Cc2nccn2C(F)F)CC1. The van der Waals surface area contributed by atoms with Crippen molar-refractivity contribution in [3.8, 4) is 0 Å². The Hall–Kier alpha value is -1.87. The van der Waals surface area contributed by atoms with Crippen molar-refractivity contribution < 1.29 is 13.6 Å². The van der Waals surface area contributed by atoms with Crippen molar-refractivity contribution in [1.82, 2.24) is 23.7 Å². The smallest absolute Gasteiger partial charge is 0.319 e. The number of imidazole rings is 1. The van der Waals surface area contributed by atoms with Crippen LogP contribution in [0.15, 0.2) is 17.8 Å². The fraction of sp³-hybridized carbons (Fsp3) is 0.500. The molecular formula is C14H17F2N5OS. The third-order valence-electron chi connectivity index (χ3n) is 3.96. The highest BCUT2D eigenvalue weighted by atomic mass is 32.1. The monoisotopic (exact) mass is 341 g/mol. The molecule has 0 saturated carbocycles. The Balaban J connectivity index is 1.57. The minimum atomic E-state index is -2.58. The van der Waals surface area contributed by atoms with Crippen LogP contribution in [0, 0.1) is 6.92 Å². The third kappa shape index (κ3) is 3.40. The summed E-state index contributed by atoms with van der Waals surface area (Å²) >= 11 is 1.28. The van der Waals surface area contributed by atoms with Crippen molar-refractivity contribution >= 4 is 17.4 Å². The van der Waals surface area contributed by atoms with Gasteiger partial charge in [0.05, 0.1) is 17.8 Å². The van der Waals surface area contributed by atoms with Gasteiger partial charge in [-0.2, -0.15) is 13.2 Å². The number of carbonyl (C=O) groups excluding carboxylic acids is 1. The molecule has 1 saturated heterocycles. The van der Waals surface area contributed by atoms with Crippen molar-refractivity contribution in [1.29, 1.82) is 0 Å². The number of nitrogens with zero attached hydrogens (tertiary/aromatic N) is 5. The number of hydrogen-bond acceptors (Lipinski definition) is 5. The Morgan fingerprint density at radius 3 is 2.70 bits per heavy atom. The Labute approximate surface area is 136 Å². The first-order chi connectivity index (χ1) is 11.1. The summed E-state index contributed by atoms with van der Waals surface area (Å²) < 4.78 is 30.6. The molecule has 3 rings (SSSR count). The van der Waals surface area contributed by atoms with Crippen molar-refractivity contribution in [3.63, 3.8) is 0 Å². The molecule has 1 amide bonds. The van der Waals surface area contributed by atoms with Crippen molar-refractivity contribution in [2.24, 2.45) is 0 Å². The summed E-state index contributed by atoms with van der Waals surface area (Å²) in [6.07, 6.45) is 2.67. The average Bonchev–Trinajstić information content (AvgIpc) is 3.16. The zero-order chi connectivity index (χ0) is 16.4. The molecule has 1 fully saturated rings. The normalized spacial score (nSPS) is 16.3. The first kappa shape index (κ1) is 16.0. The van der Waals surface area contributed by atoms with Crippen LogP contribution in [-0.2, 0) is 6.54 Å². The van der Waals surface area contributed by atoms with Gasteiger partial charge in [0.25, 0.3) is 5.91 Å². The standard InChI is InChI=1S/C14H17F2N5OS/c1-10-11(9-23-18-10)13(22)20-6-4-19(5-7-20)8-12-17-2-3-21(12)14(15)16/h2-3,9,14H,4-8H2,1H3. The van der Waals surface area contributed by atoms with E-state index in [0.29, 0.717) is 44.1 Å². The minimum absolute atomic E-state index is 0.00928. The maximum absolute atomic E-state index is 12.8. The molecular weight excluding hydrogens is 324 g/mol. The topological polar surface area (TPSA) is 54.3 Å². The molecule has 0 spiro atoms. The summed E-state index contributed by atoms with van der Waals surface area (Å²) in [5.41, 5.74) is 1.40. The van der Waals surface area contributed by atoms with E-state index in [2.05, 4.69) is 9.36 Å². The highest BCUT2D eigenvalue weighted by molar-refractivity contribution is 7.03. The van der Waals surface area contributed by atoms with Crippen molar-refractivity contribution in [2.75, 3.05) is 26.2 Å². The second kappa shape index (κ2) is 6.71. The van der Waals surface area contributed by atoms with Gasteiger partial charge in [-0.25, -0.2) is 4.98 Å². The minimum Gasteiger partial charge on any atom is -0.336 e. The Kier molecular flexibility index (Phi) is 4.67. The van der Waals surface area contributed by atoms with Crippen LogP contribution in [0.4, 0.5) is 8.78 Å². The van der Waals surface area contributed by atoms with Gasteiger partial charge in [-0.15, -0.1) is 0 Å². The number of halogens is 2. The zero-order valence-corrected chi connectivity index (χ0v) is 13.5. The van der Waals surface area contributed by atoms with E-state index >= 15 is 0 Å². The highest BCUT2D eigenvalue weighted by Crippen LogP contribution is 2.17. The number of hydrogen-bond donors (Lipinski definition) is 0. The van der Waals surface area contributed by atoms with Gasteiger partial charge in [0.1, 0.15) is 5.82 Å². The molecule has 6 nitrogen and oxygen atoms in total. The fourth-order valence-electron chi connectivity index (χ4n) is 2.62. The molecule has 1 aliphatic heterocycles. The van der Waals surface area contributed by atoms with Crippen LogP contribution in [0.5, 0.6) is 0 Å². The zero-order valence-electron chi connectivity index (χ0n) is 12.7. The quantitative estimate of drug-likeness (QED) is 0.854. The Morgan fingerprint density at radius 1 is 1.35 bits per heavy atom. The largest absolute Gasteiger partial charge is 0.336 e. The number of aromatic nitrogens is 3. The molecule has 23 heavy (non-hydrogen) atoms. The van der Waals surface area contributed by atoms with E-state index in [1.807, 2.05) is 11.8 Å².